The van der Waals surface area contributed by atoms with Crippen LogP contribution in [-0.2, 0) is 4.79 Å². The van der Waals surface area contributed by atoms with Crippen molar-refractivity contribution in [1.29, 1.82) is 0 Å². The highest BCUT2D eigenvalue weighted by Gasteiger charge is 2.16. The van der Waals surface area contributed by atoms with Crippen LogP contribution >= 0.6 is 31.9 Å². The van der Waals surface area contributed by atoms with Gasteiger partial charge in [0.25, 0.3) is 0 Å². The maximum absolute atomic E-state index is 11.7. The van der Waals surface area contributed by atoms with E-state index in [4.69, 9.17) is 5.11 Å². The summed E-state index contributed by atoms with van der Waals surface area (Å²) in [5.74, 6) is -1.49. The molecular weight excluding hydrogens is 380 g/mol. The highest BCUT2D eigenvalue weighted by molar-refractivity contribution is 9.11. The third-order valence-electron chi connectivity index (χ3n) is 2.55. The number of anilines is 1. The number of hydrogen-bond donors (Lipinski definition) is 3. The van der Waals surface area contributed by atoms with Gasteiger partial charge in [-0.15, -0.1) is 0 Å². The molecule has 1 rings (SSSR count). The topological polar surface area (TPSA) is 78.4 Å². The van der Waals surface area contributed by atoms with Gasteiger partial charge < -0.3 is 15.7 Å². The van der Waals surface area contributed by atoms with Gasteiger partial charge in [-0.2, -0.15) is 0 Å². The largest absolute Gasteiger partial charge is 0.481 e. The number of benzene rings is 1. The monoisotopic (exact) mass is 392 g/mol. The second kappa shape index (κ2) is 7.49. The van der Waals surface area contributed by atoms with Crippen LogP contribution in [0.25, 0.3) is 0 Å². The van der Waals surface area contributed by atoms with E-state index >= 15 is 0 Å². The molecule has 7 heteroatoms. The molecule has 2 amide bonds. The molecule has 3 N–H and O–H groups in total. The van der Waals surface area contributed by atoms with Gasteiger partial charge in [-0.25, -0.2) is 4.79 Å². The van der Waals surface area contributed by atoms with E-state index in [0.717, 1.165) is 8.95 Å². The highest BCUT2D eigenvalue weighted by Crippen LogP contribution is 2.30. The molecule has 0 aliphatic carbocycles. The van der Waals surface area contributed by atoms with E-state index in [1.807, 2.05) is 6.07 Å². The summed E-state index contributed by atoms with van der Waals surface area (Å²) in [6, 6.07) is 4.99. The van der Waals surface area contributed by atoms with E-state index in [2.05, 4.69) is 42.5 Å². The number of carboxylic acids is 1. The van der Waals surface area contributed by atoms with E-state index in [1.54, 1.807) is 19.1 Å². The lowest BCUT2D eigenvalue weighted by Gasteiger charge is -2.13. The van der Waals surface area contributed by atoms with E-state index in [0.29, 0.717) is 12.1 Å². The van der Waals surface area contributed by atoms with Crippen LogP contribution in [0.4, 0.5) is 10.5 Å². The van der Waals surface area contributed by atoms with Gasteiger partial charge in [0.15, 0.2) is 0 Å². The lowest BCUT2D eigenvalue weighted by atomic mass is 10.1. The standard InChI is InChI=1S/C12H14Br2N2O3/c1-2-7(11(17)18)6-15-12(19)16-10-8(13)4-3-5-9(10)14/h3-5,7H,2,6H2,1H3,(H,17,18)(H2,15,16,19). The van der Waals surface area contributed by atoms with E-state index in [9.17, 15) is 9.59 Å². The number of carbonyl (C=O) groups excluding carboxylic acids is 1. The molecule has 0 saturated carbocycles. The van der Waals surface area contributed by atoms with Gasteiger partial charge in [0.05, 0.1) is 11.6 Å². The second-order valence-corrected chi connectivity index (χ2v) is 5.58. The van der Waals surface area contributed by atoms with Crippen molar-refractivity contribution >= 4 is 49.5 Å². The first-order valence-corrected chi connectivity index (χ1v) is 7.26. The van der Waals surface area contributed by atoms with Crippen LogP contribution < -0.4 is 10.6 Å². The molecule has 5 nitrogen and oxygen atoms in total. The maximum atomic E-state index is 11.7. The summed E-state index contributed by atoms with van der Waals surface area (Å²) in [7, 11) is 0. The Balaban J connectivity index is 2.59. The first-order chi connectivity index (χ1) is 8.95. The molecule has 104 valence electrons. The smallest absolute Gasteiger partial charge is 0.319 e. The van der Waals surface area contributed by atoms with Crippen molar-refractivity contribution in [3.8, 4) is 0 Å². The zero-order valence-electron chi connectivity index (χ0n) is 10.2. The van der Waals surface area contributed by atoms with Gasteiger partial charge in [-0.05, 0) is 50.4 Å². The average Bonchev–Trinajstić information content (AvgIpc) is 2.34. The minimum absolute atomic E-state index is 0.0970. The summed E-state index contributed by atoms with van der Waals surface area (Å²) in [5.41, 5.74) is 0.600. The highest BCUT2D eigenvalue weighted by atomic mass is 79.9. The van der Waals surface area contributed by atoms with Crippen LogP contribution in [0.15, 0.2) is 27.1 Å². The number of amides is 2. The van der Waals surface area contributed by atoms with E-state index < -0.39 is 17.9 Å². The Labute approximate surface area is 128 Å². The van der Waals surface area contributed by atoms with Crippen molar-refractivity contribution in [1.82, 2.24) is 5.32 Å². The van der Waals surface area contributed by atoms with Crippen LogP contribution in [-0.4, -0.2) is 23.7 Å². The van der Waals surface area contributed by atoms with Crippen molar-refractivity contribution in [3.63, 3.8) is 0 Å². The number of hydrogen-bond acceptors (Lipinski definition) is 2. The molecule has 0 bridgehead atoms. The van der Waals surface area contributed by atoms with Crippen molar-refractivity contribution in [2.75, 3.05) is 11.9 Å². The Morgan fingerprint density at radius 3 is 2.37 bits per heavy atom. The molecule has 0 fully saturated rings. The van der Waals surface area contributed by atoms with Gasteiger partial charge in [0.1, 0.15) is 0 Å². The normalized spacial score (nSPS) is 11.7. The summed E-state index contributed by atoms with van der Waals surface area (Å²) >= 11 is 6.65. The molecule has 0 aromatic heterocycles. The van der Waals surface area contributed by atoms with Gasteiger partial charge >= 0.3 is 12.0 Å². The van der Waals surface area contributed by atoms with Crippen molar-refractivity contribution in [2.45, 2.75) is 13.3 Å². The van der Waals surface area contributed by atoms with Crippen LogP contribution in [0, 0.1) is 5.92 Å². The lowest BCUT2D eigenvalue weighted by molar-refractivity contribution is -0.141. The Morgan fingerprint density at radius 2 is 1.89 bits per heavy atom. The van der Waals surface area contributed by atoms with Crippen LogP contribution in [0.3, 0.4) is 0 Å². The summed E-state index contributed by atoms with van der Waals surface area (Å²) in [6.07, 6.45) is 0.467. The van der Waals surface area contributed by atoms with Gasteiger partial charge in [0.2, 0.25) is 0 Å². The minimum atomic E-state index is -0.912. The quantitative estimate of drug-likeness (QED) is 0.716. The molecule has 1 aromatic carbocycles. The van der Waals surface area contributed by atoms with Crippen molar-refractivity contribution in [3.05, 3.63) is 27.1 Å². The molecule has 0 radical (unpaired) electrons. The first-order valence-electron chi connectivity index (χ1n) is 5.67. The van der Waals surface area contributed by atoms with E-state index in [-0.39, 0.29) is 6.54 Å². The summed E-state index contributed by atoms with van der Waals surface area (Å²) in [4.78, 5) is 22.5. The molecule has 1 atom stereocenters. The minimum Gasteiger partial charge on any atom is -0.481 e. The molecular formula is C12H14Br2N2O3. The number of halogens is 2. The Kier molecular flexibility index (Phi) is 6.30. The Bertz CT molecular complexity index is 460. The van der Waals surface area contributed by atoms with Crippen molar-refractivity contribution < 1.29 is 14.7 Å². The summed E-state index contributed by atoms with van der Waals surface area (Å²) in [5, 5.41) is 14.1. The second-order valence-electron chi connectivity index (χ2n) is 3.88. The summed E-state index contributed by atoms with van der Waals surface area (Å²) in [6.45, 7) is 1.86. The predicted molar refractivity (Wildman–Crippen MR) is 80.3 cm³/mol. The number of carbonyl (C=O) groups is 2. The lowest BCUT2D eigenvalue weighted by Crippen LogP contribution is -2.35. The first kappa shape index (κ1) is 16.0. The zero-order valence-corrected chi connectivity index (χ0v) is 13.4. The third-order valence-corrected chi connectivity index (χ3v) is 3.87. The number of para-hydroxylation sites is 1. The van der Waals surface area contributed by atoms with Gasteiger partial charge in [-0.1, -0.05) is 13.0 Å². The molecule has 1 aromatic rings. The average molecular weight is 394 g/mol. The SMILES string of the molecule is CCC(CNC(=O)Nc1c(Br)cccc1Br)C(=O)O. The number of carboxylic acid groups (broad SMARTS) is 1. The van der Waals surface area contributed by atoms with Crippen LogP contribution in [0.5, 0.6) is 0 Å². The Hall–Kier alpha value is -1.08. The van der Waals surface area contributed by atoms with Gasteiger partial charge in [0, 0.05) is 15.5 Å². The Morgan fingerprint density at radius 1 is 1.32 bits per heavy atom. The molecule has 0 heterocycles. The molecule has 0 aliphatic rings. The number of rotatable bonds is 5. The predicted octanol–water partition coefficient (Wildman–Crippen LogP) is 3.44. The summed E-state index contributed by atoms with van der Waals surface area (Å²) < 4.78 is 1.48. The van der Waals surface area contributed by atoms with Gasteiger partial charge in [-0.3, -0.25) is 4.79 Å². The van der Waals surface area contributed by atoms with E-state index in [1.165, 1.54) is 0 Å². The molecule has 19 heavy (non-hydrogen) atoms. The zero-order chi connectivity index (χ0) is 14.4. The van der Waals surface area contributed by atoms with Crippen LogP contribution in [0.2, 0.25) is 0 Å². The molecule has 0 saturated heterocycles. The maximum Gasteiger partial charge on any atom is 0.319 e. The fourth-order valence-electron chi connectivity index (χ4n) is 1.40. The molecule has 1 unspecified atom stereocenters. The third kappa shape index (κ3) is 4.83. The number of nitrogens with one attached hydrogen (secondary N) is 2. The molecule has 0 spiro atoms. The van der Waals surface area contributed by atoms with Crippen LogP contribution in [0.1, 0.15) is 13.3 Å². The number of aliphatic carboxylic acids is 1. The number of urea groups is 1. The fraction of sp³-hybridized carbons (Fsp3) is 0.333. The van der Waals surface area contributed by atoms with Crippen molar-refractivity contribution in [2.24, 2.45) is 5.92 Å². The fourth-order valence-corrected chi connectivity index (χ4v) is 2.59. The molecule has 0 aliphatic heterocycles.